The maximum absolute atomic E-state index is 12.9. The van der Waals surface area contributed by atoms with E-state index in [1.54, 1.807) is 30.6 Å². The zero-order valence-corrected chi connectivity index (χ0v) is 18.7. The van der Waals surface area contributed by atoms with E-state index in [-0.39, 0.29) is 22.9 Å². The minimum absolute atomic E-state index is 0.00255. The van der Waals surface area contributed by atoms with Gasteiger partial charge in [0.1, 0.15) is 6.33 Å². The molecular weight excluding hydrogens is 396 g/mol. The molecule has 2 aromatic carbocycles. The van der Waals surface area contributed by atoms with E-state index in [4.69, 9.17) is 0 Å². The molecule has 1 atom stereocenters. The number of ketones is 1. The van der Waals surface area contributed by atoms with Gasteiger partial charge in [0.15, 0.2) is 10.9 Å². The third-order valence-corrected chi connectivity index (χ3v) is 5.81. The maximum Gasteiger partial charge on any atom is 0.226 e. The number of aryl methyl sites for hydroxylation is 2. The summed E-state index contributed by atoms with van der Waals surface area (Å²) in [6, 6.07) is 13.2. The Bertz CT molecular complexity index is 1060. The zero-order chi connectivity index (χ0) is 21.8. The SMILES string of the molecule is Cc1ccc(C)c(-n2cnnc2S[C@H](C)C(=O)c2ccc(NC(=O)C(C)C)cc2)c1. The first-order valence-electron chi connectivity index (χ1n) is 9.85. The standard InChI is InChI=1S/C23H26N4O2S/c1-14(2)22(29)25-19-10-8-18(9-11-19)21(28)17(5)30-23-26-24-13-27(23)20-12-15(3)6-7-16(20)4/h6-14,17H,1-5H3,(H,25,29)/t17-/m1/s1. The first-order valence-corrected chi connectivity index (χ1v) is 10.7. The van der Waals surface area contributed by atoms with Crippen LogP contribution in [0, 0.1) is 19.8 Å². The highest BCUT2D eigenvalue weighted by Crippen LogP contribution is 2.28. The van der Waals surface area contributed by atoms with E-state index in [9.17, 15) is 9.59 Å². The van der Waals surface area contributed by atoms with Crippen LogP contribution in [-0.4, -0.2) is 31.7 Å². The smallest absolute Gasteiger partial charge is 0.226 e. The molecule has 0 fully saturated rings. The van der Waals surface area contributed by atoms with Crippen molar-refractivity contribution in [3.8, 4) is 5.69 Å². The highest BCUT2D eigenvalue weighted by atomic mass is 32.2. The maximum atomic E-state index is 12.9. The second kappa shape index (κ2) is 9.26. The number of Topliss-reactive ketones (excluding diaryl/α,β-unsaturated/α-hetero) is 1. The molecule has 6 nitrogen and oxygen atoms in total. The third-order valence-electron chi connectivity index (χ3n) is 4.75. The van der Waals surface area contributed by atoms with Crippen molar-refractivity contribution in [2.75, 3.05) is 5.32 Å². The van der Waals surface area contributed by atoms with Gasteiger partial charge in [0.25, 0.3) is 0 Å². The lowest BCUT2D eigenvalue weighted by Gasteiger charge is -2.14. The molecule has 0 saturated heterocycles. The van der Waals surface area contributed by atoms with Crippen LogP contribution in [0.3, 0.4) is 0 Å². The summed E-state index contributed by atoms with van der Waals surface area (Å²) in [7, 11) is 0. The van der Waals surface area contributed by atoms with Crippen molar-refractivity contribution in [1.29, 1.82) is 0 Å². The summed E-state index contributed by atoms with van der Waals surface area (Å²) >= 11 is 1.38. The lowest BCUT2D eigenvalue weighted by Crippen LogP contribution is -2.18. The van der Waals surface area contributed by atoms with Gasteiger partial charge in [-0.3, -0.25) is 14.2 Å². The van der Waals surface area contributed by atoms with Gasteiger partial charge in [-0.15, -0.1) is 10.2 Å². The molecule has 1 amide bonds. The third kappa shape index (κ3) is 4.97. The molecule has 7 heteroatoms. The largest absolute Gasteiger partial charge is 0.326 e. The van der Waals surface area contributed by atoms with Gasteiger partial charge in [0, 0.05) is 17.2 Å². The number of carbonyl (C=O) groups excluding carboxylic acids is 2. The van der Waals surface area contributed by atoms with Gasteiger partial charge in [-0.2, -0.15) is 0 Å². The second-order valence-electron chi connectivity index (χ2n) is 7.62. The minimum atomic E-state index is -0.339. The molecule has 1 heterocycles. The van der Waals surface area contributed by atoms with Gasteiger partial charge >= 0.3 is 0 Å². The zero-order valence-electron chi connectivity index (χ0n) is 17.8. The molecular formula is C23H26N4O2S. The van der Waals surface area contributed by atoms with Crippen LogP contribution in [0.25, 0.3) is 5.69 Å². The highest BCUT2D eigenvalue weighted by molar-refractivity contribution is 8.00. The van der Waals surface area contributed by atoms with E-state index in [0.717, 1.165) is 16.8 Å². The van der Waals surface area contributed by atoms with Crippen LogP contribution in [0.4, 0.5) is 5.69 Å². The first-order chi connectivity index (χ1) is 14.3. The molecule has 0 bridgehead atoms. The summed E-state index contributed by atoms with van der Waals surface area (Å²) in [6.07, 6.45) is 1.67. The molecule has 30 heavy (non-hydrogen) atoms. The van der Waals surface area contributed by atoms with Crippen LogP contribution < -0.4 is 5.32 Å². The molecule has 0 unspecified atom stereocenters. The summed E-state index contributed by atoms with van der Waals surface area (Å²) in [6.45, 7) is 9.62. The minimum Gasteiger partial charge on any atom is -0.326 e. The van der Waals surface area contributed by atoms with Crippen molar-refractivity contribution in [1.82, 2.24) is 14.8 Å². The molecule has 0 aliphatic rings. The van der Waals surface area contributed by atoms with Gasteiger partial charge in [-0.1, -0.05) is 37.7 Å². The average Bonchev–Trinajstić information content (AvgIpc) is 3.17. The van der Waals surface area contributed by atoms with Crippen molar-refractivity contribution < 1.29 is 9.59 Å². The van der Waals surface area contributed by atoms with E-state index in [1.807, 2.05) is 39.2 Å². The van der Waals surface area contributed by atoms with Gasteiger partial charge in [0.05, 0.1) is 10.9 Å². The van der Waals surface area contributed by atoms with E-state index < -0.39 is 0 Å². The van der Waals surface area contributed by atoms with Gasteiger partial charge in [0.2, 0.25) is 5.91 Å². The number of hydrogen-bond acceptors (Lipinski definition) is 5. The number of aromatic nitrogens is 3. The number of thioether (sulfide) groups is 1. The van der Waals surface area contributed by atoms with Crippen LogP contribution in [0.5, 0.6) is 0 Å². The number of carbonyl (C=O) groups is 2. The quantitative estimate of drug-likeness (QED) is 0.435. The summed E-state index contributed by atoms with van der Waals surface area (Å²) in [5.41, 5.74) is 4.54. The predicted molar refractivity (Wildman–Crippen MR) is 120 cm³/mol. The molecule has 3 aromatic rings. The molecule has 0 saturated carbocycles. The van der Waals surface area contributed by atoms with E-state index >= 15 is 0 Å². The number of anilines is 1. The number of rotatable bonds is 7. The molecule has 156 valence electrons. The lowest BCUT2D eigenvalue weighted by molar-refractivity contribution is -0.118. The lowest BCUT2D eigenvalue weighted by atomic mass is 10.1. The Morgan fingerprint density at radius 2 is 1.73 bits per heavy atom. The molecule has 0 aliphatic carbocycles. The number of amides is 1. The Hall–Kier alpha value is -2.93. The first kappa shape index (κ1) is 21.8. The predicted octanol–water partition coefficient (Wildman–Crippen LogP) is 4.84. The fourth-order valence-corrected chi connectivity index (χ4v) is 3.81. The highest BCUT2D eigenvalue weighted by Gasteiger charge is 2.20. The van der Waals surface area contributed by atoms with Gasteiger partial charge in [-0.05, 0) is 62.2 Å². The van der Waals surface area contributed by atoms with Crippen LogP contribution in [0.15, 0.2) is 53.9 Å². The Morgan fingerprint density at radius 1 is 1.03 bits per heavy atom. The van der Waals surface area contributed by atoms with Gasteiger partial charge < -0.3 is 5.32 Å². The van der Waals surface area contributed by atoms with Gasteiger partial charge in [-0.25, -0.2) is 0 Å². The summed E-state index contributed by atoms with van der Waals surface area (Å²) < 4.78 is 1.92. The Morgan fingerprint density at radius 3 is 2.40 bits per heavy atom. The molecule has 0 aliphatic heterocycles. The number of hydrogen-bond donors (Lipinski definition) is 1. The fourth-order valence-electron chi connectivity index (χ4n) is 2.90. The monoisotopic (exact) mass is 422 g/mol. The Balaban J connectivity index is 1.73. The molecule has 0 radical (unpaired) electrons. The van der Waals surface area contributed by atoms with E-state index in [1.165, 1.54) is 11.8 Å². The molecule has 3 rings (SSSR count). The summed E-state index contributed by atoms with van der Waals surface area (Å²) in [4.78, 5) is 24.7. The normalized spacial score (nSPS) is 12.1. The second-order valence-corrected chi connectivity index (χ2v) is 8.93. The Kier molecular flexibility index (Phi) is 6.72. The fraction of sp³-hybridized carbons (Fsp3) is 0.304. The summed E-state index contributed by atoms with van der Waals surface area (Å²) in [5.74, 6) is -0.154. The van der Waals surface area contributed by atoms with E-state index in [0.29, 0.717) is 16.4 Å². The molecule has 1 N–H and O–H groups in total. The number of nitrogens with zero attached hydrogens (tertiary/aromatic N) is 3. The van der Waals surface area contributed by atoms with Crippen LogP contribution in [-0.2, 0) is 4.79 Å². The van der Waals surface area contributed by atoms with Crippen molar-refractivity contribution in [3.63, 3.8) is 0 Å². The molecule has 1 aromatic heterocycles. The van der Waals surface area contributed by atoms with Crippen LogP contribution >= 0.6 is 11.8 Å². The number of nitrogens with one attached hydrogen (secondary N) is 1. The topological polar surface area (TPSA) is 76.9 Å². The van der Waals surface area contributed by atoms with Crippen molar-refractivity contribution in [2.45, 2.75) is 45.0 Å². The van der Waals surface area contributed by atoms with Crippen molar-refractivity contribution in [3.05, 3.63) is 65.5 Å². The summed E-state index contributed by atoms with van der Waals surface area (Å²) in [5, 5.41) is 11.4. The van der Waals surface area contributed by atoms with Crippen LogP contribution in [0.2, 0.25) is 0 Å². The van der Waals surface area contributed by atoms with Crippen LogP contribution in [0.1, 0.15) is 42.3 Å². The molecule has 0 spiro atoms. The van der Waals surface area contributed by atoms with Crippen molar-refractivity contribution >= 4 is 29.1 Å². The van der Waals surface area contributed by atoms with Crippen molar-refractivity contribution in [2.24, 2.45) is 5.92 Å². The average molecular weight is 423 g/mol. The van der Waals surface area contributed by atoms with E-state index in [2.05, 4.69) is 33.7 Å². The number of benzene rings is 2. The Labute approximate surface area is 181 Å².